The number of rotatable bonds is 4. The minimum atomic E-state index is -0.363. The van der Waals surface area contributed by atoms with Gasteiger partial charge in [-0.05, 0) is 111 Å². The molecule has 0 aliphatic heterocycles. The van der Waals surface area contributed by atoms with E-state index in [1.54, 1.807) is 0 Å². The van der Waals surface area contributed by atoms with Gasteiger partial charge in [-0.1, -0.05) is 24.3 Å². The first kappa shape index (κ1) is 29.7. The van der Waals surface area contributed by atoms with Gasteiger partial charge in [0.25, 0.3) is 0 Å². The minimum absolute atomic E-state index is 0.361. The second kappa shape index (κ2) is 11.1. The fourth-order valence-corrected chi connectivity index (χ4v) is 5.60. The molecule has 2 aliphatic carbocycles. The van der Waals surface area contributed by atoms with Crippen molar-refractivity contribution >= 4 is 33.4 Å². The number of allylic oxidation sites excluding steroid dienone is 7. The normalized spacial score (nSPS) is 15.8. The van der Waals surface area contributed by atoms with E-state index in [0.717, 1.165) is 11.1 Å². The SMILES string of the molecule is [C-]#[N+]/C=C1\C(c2ccc(OC(C)(C)C)cc2)=C(C#N)c2cc3c(cc21)/C(=C/C#N)C(c1ccc(OC(C)(C)C)cc1)=C3C#N. The summed E-state index contributed by atoms with van der Waals surface area (Å²) in [4.78, 5) is 3.58. The highest BCUT2D eigenvalue weighted by Crippen LogP contribution is 2.53. The highest BCUT2D eigenvalue weighted by Gasteiger charge is 2.34. The molecule has 214 valence electrons. The molecule has 0 spiro atoms. The maximum Gasteiger partial charge on any atom is 0.162 e. The highest BCUT2D eigenvalue weighted by molar-refractivity contribution is 6.28. The first-order valence-electron chi connectivity index (χ1n) is 14.1. The Hall–Kier alpha value is -5.82. The molecule has 0 bridgehead atoms. The van der Waals surface area contributed by atoms with E-state index in [9.17, 15) is 15.8 Å². The Morgan fingerprint density at radius 2 is 1.05 bits per heavy atom. The topological polar surface area (TPSA) is 94.2 Å². The van der Waals surface area contributed by atoms with E-state index in [1.165, 1.54) is 12.3 Å². The van der Waals surface area contributed by atoms with Gasteiger partial charge in [-0.3, -0.25) is 0 Å². The third-order valence-electron chi connectivity index (χ3n) is 7.08. The molecule has 5 rings (SSSR count). The molecule has 3 aromatic rings. The highest BCUT2D eigenvalue weighted by atomic mass is 16.5. The second-order valence-electron chi connectivity index (χ2n) is 12.5. The van der Waals surface area contributed by atoms with Gasteiger partial charge in [-0.2, -0.15) is 15.8 Å². The number of nitrogens with zero attached hydrogens (tertiary/aromatic N) is 4. The van der Waals surface area contributed by atoms with E-state index >= 15 is 0 Å². The van der Waals surface area contributed by atoms with Crippen LogP contribution < -0.4 is 9.47 Å². The molecule has 0 amide bonds. The van der Waals surface area contributed by atoms with E-state index in [2.05, 4.69) is 23.1 Å². The van der Waals surface area contributed by atoms with Crippen LogP contribution in [0, 0.1) is 40.6 Å². The molecular weight excluding hydrogens is 544 g/mol. The molecule has 3 aromatic carbocycles. The van der Waals surface area contributed by atoms with Crippen LogP contribution in [0.2, 0.25) is 0 Å². The average molecular weight is 575 g/mol. The van der Waals surface area contributed by atoms with Crippen molar-refractivity contribution in [3.63, 3.8) is 0 Å². The van der Waals surface area contributed by atoms with Crippen LogP contribution in [0.1, 0.15) is 74.9 Å². The van der Waals surface area contributed by atoms with Gasteiger partial charge in [0.1, 0.15) is 34.8 Å². The molecule has 44 heavy (non-hydrogen) atoms. The van der Waals surface area contributed by atoms with Crippen molar-refractivity contribution in [1.82, 2.24) is 0 Å². The Morgan fingerprint density at radius 3 is 1.43 bits per heavy atom. The lowest BCUT2D eigenvalue weighted by atomic mass is 9.93. The molecule has 0 fully saturated rings. The zero-order valence-corrected chi connectivity index (χ0v) is 25.5. The molecule has 0 unspecified atom stereocenters. The first-order valence-corrected chi connectivity index (χ1v) is 14.1. The molecule has 0 aromatic heterocycles. The molecule has 6 nitrogen and oxygen atoms in total. The lowest BCUT2D eigenvalue weighted by Gasteiger charge is -2.21. The first-order chi connectivity index (χ1) is 20.9. The molecule has 6 heteroatoms. The number of hydrogen-bond acceptors (Lipinski definition) is 5. The Bertz CT molecular complexity index is 1840. The standard InChI is InChI=1S/C38H30N4O2/c1-37(2,3)43-25-12-8-23(9-13-25)35-27(16-17-39)28-18-31-30(19-29(28)32(35)20-40)33(21-41)36(34(31)22-42-7)24-10-14-26(15-11-24)44-38(4,5)6/h8-16,18-19,22H,1-6H3/b27-16-,34-22-. The van der Waals surface area contributed by atoms with Gasteiger partial charge in [0.05, 0.1) is 23.8 Å². The Labute approximate surface area is 258 Å². The van der Waals surface area contributed by atoms with Crippen molar-refractivity contribution in [1.29, 1.82) is 15.8 Å². The number of nitriles is 3. The van der Waals surface area contributed by atoms with E-state index in [4.69, 9.17) is 16.0 Å². The fraction of sp³-hybridized carbons (Fsp3) is 0.211. The van der Waals surface area contributed by atoms with E-state index < -0.39 is 0 Å². The van der Waals surface area contributed by atoms with Crippen LogP contribution in [0.5, 0.6) is 11.5 Å². The zero-order chi connectivity index (χ0) is 31.8. The summed E-state index contributed by atoms with van der Waals surface area (Å²) in [5.74, 6) is 1.40. The Morgan fingerprint density at radius 1 is 0.636 bits per heavy atom. The van der Waals surface area contributed by atoms with Crippen molar-refractivity contribution < 1.29 is 9.47 Å². The number of hydrogen-bond donors (Lipinski definition) is 0. The third-order valence-corrected chi connectivity index (χ3v) is 7.08. The number of fused-ring (bicyclic) bond motifs is 2. The Kier molecular flexibility index (Phi) is 7.49. The van der Waals surface area contributed by atoms with E-state index in [1.807, 2.05) is 102 Å². The predicted molar refractivity (Wildman–Crippen MR) is 173 cm³/mol. The summed E-state index contributed by atoms with van der Waals surface area (Å²) in [5, 5.41) is 30.6. The van der Waals surface area contributed by atoms with Gasteiger partial charge >= 0.3 is 0 Å². The molecule has 0 atom stereocenters. The van der Waals surface area contributed by atoms with Crippen molar-refractivity contribution in [3.8, 4) is 29.7 Å². The summed E-state index contributed by atoms with van der Waals surface area (Å²) >= 11 is 0. The largest absolute Gasteiger partial charge is 0.488 e. The van der Waals surface area contributed by atoms with E-state index in [-0.39, 0.29) is 11.2 Å². The number of ether oxygens (including phenoxy) is 2. The summed E-state index contributed by atoms with van der Waals surface area (Å²) in [5.41, 5.74) is 6.87. The van der Waals surface area contributed by atoms with Gasteiger partial charge in [0, 0.05) is 28.3 Å². The molecule has 0 saturated heterocycles. The van der Waals surface area contributed by atoms with Crippen LogP contribution in [-0.2, 0) is 0 Å². The summed E-state index contributed by atoms with van der Waals surface area (Å²) in [6.45, 7) is 19.5. The zero-order valence-electron chi connectivity index (χ0n) is 25.5. The van der Waals surface area contributed by atoms with Gasteiger partial charge in [-0.15, -0.1) is 0 Å². The average Bonchev–Trinajstić information content (AvgIpc) is 3.42. The third kappa shape index (κ3) is 5.51. The second-order valence-corrected chi connectivity index (χ2v) is 12.5. The van der Waals surface area contributed by atoms with Gasteiger partial charge < -0.3 is 9.47 Å². The summed E-state index contributed by atoms with van der Waals surface area (Å²) in [6.07, 6.45) is 2.88. The maximum absolute atomic E-state index is 10.4. The smallest absolute Gasteiger partial charge is 0.162 e. The van der Waals surface area contributed by atoms with Crippen LogP contribution in [-0.4, -0.2) is 11.2 Å². The van der Waals surface area contributed by atoms with Crippen LogP contribution >= 0.6 is 0 Å². The van der Waals surface area contributed by atoms with Crippen molar-refractivity contribution in [3.05, 3.63) is 118 Å². The quantitative estimate of drug-likeness (QED) is 0.229. The van der Waals surface area contributed by atoms with E-state index in [0.29, 0.717) is 67.2 Å². The van der Waals surface area contributed by atoms with Crippen LogP contribution in [0.3, 0.4) is 0 Å². The maximum atomic E-state index is 10.4. The molecule has 0 radical (unpaired) electrons. The van der Waals surface area contributed by atoms with Gasteiger partial charge in [0.2, 0.25) is 0 Å². The summed E-state index contributed by atoms with van der Waals surface area (Å²) in [7, 11) is 0. The summed E-state index contributed by atoms with van der Waals surface area (Å²) < 4.78 is 12.0. The van der Waals surface area contributed by atoms with Crippen LogP contribution in [0.25, 0.3) is 38.3 Å². The van der Waals surface area contributed by atoms with Crippen molar-refractivity contribution in [2.24, 2.45) is 0 Å². The monoisotopic (exact) mass is 574 g/mol. The summed E-state index contributed by atoms with van der Waals surface area (Å²) in [6, 6.07) is 25.6. The Balaban J connectivity index is 1.67. The van der Waals surface area contributed by atoms with Crippen molar-refractivity contribution in [2.45, 2.75) is 52.7 Å². The lowest BCUT2D eigenvalue weighted by molar-refractivity contribution is 0.130. The van der Waals surface area contributed by atoms with Gasteiger partial charge in [0.15, 0.2) is 6.20 Å². The number of benzene rings is 3. The van der Waals surface area contributed by atoms with Crippen LogP contribution in [0.4, 0.5) is 0 Å². The molecule has 0 saturated carbocycles. The lowest BCUT2D eigenvalue weighted by Crippen LogP contribution is -2.22. The molecule has 2 aliphatic rings. The molecule has 0 heterocycles. The molecular formula is C38H30N4O2. The predicted octanol–water partition coefficient (Wildman–Crippen LogP) is 9.10. The van der Waals surface area contributed by atoms with Gasteiger partial charge in [-0.25, -0.2) is 4.85 Å². The fourth-order valence-electron chi connectivity index (χ4n) is 5.60. The minimum Gasteiger partial charge on any atom is -0.488 e. The van der Waals surface area contributed by atoms with Crippen LogP contribution in [0.15, 0.2) is 72.9 Å². The molecule has 0 N–H and O–H groups in total. The van der Waals surface area contributed by atoms with Crippen molar-refractivity contribution in [2.75, 3.05) is 0 Å².